The molecule has 1 aliphatic rings. The maximum atomic E-state index is 3.89. The van der Waals surface area contributed by atoms with Gasteiger partial charge in [-0.3, -0.25) is 0 Å². The highest BCUT2D eigenvalue weighted by atomic mass is 79.9. The van der Waals surface area contributed by atoms with Gasteiger partial charge in [0.1, 0.15) is 0 Å². The van der Waals surface area contributed by atoms with Crippen LogP contribution in [0.2, 0.25) is 0 Å². The van der Waals surface area contributed by atoms with Crippen molar-refractivity contribution in [3.8, 4) is 0 Å². The molecule has 2 N–H and O–H groups in total. The van der Waals surface area contributed by atoms with Crippen molar-refractivity contribution in [2.75, 3.05) is 0 Å². The minimum atomic E-state index is -0.483. The number of benzene rings is 4. The fourth-order valence-electron chi connectivity index (χ4n) is 5.91. The third kappa shape index (κ3) is 2.73. The number of hydrogen-bond acceptors (Lipinski definition) is 0. The summed E-state index contributed by atoms with van der Waals surface area (Å²) in [6.07, 6.45) is 0.873. The van der Waals surface area contributed by atoms with Crippen molar-refractivity contribution in [2.24, 2.45) is 0 Å². The molecule has 0 fully saturated rings. The lowest BCUT2D eigenvalue weighted by molar-refractivity contribution is 0.688. The fourth-order valence-corrected chi connectivity index (χ4v) is 6.44. The van der Waals surface area contributed by atoms with Crippen LogP contribution in [0.5, 0.6) is 0 Å². The van der Waals surface area contributed by atoms with Gasteiger partial charge in [-0.2, -0.15) is 0 Å². The van der Waals surface area contributed by atoms with Crippen LogP contribution in [0, 0.1) is 0 Å². The van der Waals surface area contributed by atoms with Gasteiger partial charge in [-0.25, -0.2) is 0 Å². The van der Waals surface area contributed by atoms with E-state index in [0.29, 0.717) is 0 Å². The van der Waals surface area contributed by atoms with Crippen LogP contribution < -0.4 is 0 Å². The second-order valence-electron chi connectivity index (χ2n) is 8.99. The normalized spacial score (nSPS) is 14.3. The van der Waals surface area contributed by atoms with Gasteiger partial charge in [0.25, 0.3) is 0 Å². The van der Waals surface area contributed by atoms with Crippen LogP contribution in [0.3, 0.4) is 0 Å². The molecule has 0 aliphatic heterocycles. The van der Waals surface area contributed by atoms with Crippen molar-refractivity contribution in [1.29, 1.82) is 0 Å². The van der Waals surface area contributed by atoms with Gasteiger partial charge in [0, 0.05) is 54.1 Å². The second-order valence-corrected chi connectivity index (χ2v) is 10.8. The maximum Gasteiger partial charge on any atom is 0.0878 e. The lowest BCUT2D eigenvalue weighted by Gasteiger charge is -2.39. The molecule has 4 heteroatoms. The van der Waals surface area contributed by atoms with E-state index in [1.54, 1.807) is 0 Å². The third-order valence-electron chi connectivity index (χ3n) is 7.26. The summed E-state index contributed by atoms with van der Waals surface area (Å²) in [5, 5.41) is 2.56. The van der Waals surface area contributed by atoms with Crippen molar-refractivity contribution in [1.82, 2.24) is 9.97 Å². The van der Waals surface area contributed by atoms with Gasteiger partial charge in [0.05, 0.1) is 5.41 Å². The van der Waals surface area contributed by atoms with Crippen molar-refractivity contribution >= 4 is 53.7 Å². The van der Waals surface area contributed by atoms with E-state index in [2.05, 4.69) is 139 Å². The van der Waals surface area contributed by atoms with Crippen LogP contribution >= 0.6 is 31.9 Å². The number of fused-ring (bicyclic) bond motifs is 6. The van der Waals surface area contributed by atoms with E-state index in [1.807, 2.05) is 0 Å². The van der Waals surface area contributed by atoms with E-state index < -0.39 is 5.41 Å². The standard InChI is InChI=1S/C30H20Br2N2/c31-20-13-9-18(10-14-20)30(19-11-15-21(32)16-12-19)28-23-6-2-4-8-26(23)33-27(28)17-24-22-5-1-3-7-25(22)34-29(24)30/h1-16,33-34H,17H2. The Morgan fingerprint density at radius 2 is 1.12 bits per heavy atom. The van der Waals surface area contributed by atoms with Crippen LogP contribution in [-0.4, -0.2) is 9.97 Å². The molecule has 0 bridgehead atoms. The van der Waals surface area contributed by atoms with Gasteiger partial charge in [-0.15, -0.1) is 0 Å². The first-order valence-electron chi connectivity index (χ1n) is 11.4. The van der Waals surface area contributed by atoms with E-state index in [-0.39, 0.29) is 0 Å². The molecule has 1 aliphatic carbocycles. The van der Waals surface area contributed by atoms with E-state index in [1.165, 1.54) is 55.4 Å². The Morgan fingerprint density at radius 3 is 1.74 bits per heavy atom. The summed E-state index contributed by atoms with van der Waals surface area (Å²) in [6.45, 7) is 0. The molecule has 0 spiro atoms. The quantitative estimate of drug-likeness (QED) is 0.210. The summed E-state index contributed by atoms with van der Waals surface area (Å²) >= 11 is 7.31. The zero-order chi connectivity index (χ0) is 22.9. The monoisotopic (exact) mass is 566 g/mol. The number of rotatable bonds is 2. The molecule has 2 nitrogen and oxygen atoms in total. The fraction of sp³-hybridized carbons (Fsp3) is 0.0667. The summed E-state index contributed by atoms with van der Waals surface area (Å²) in [6, 6.07) is 35.0. The SMILES string of the molecule is Brc1ccc(C2(c3ccc(Br)cc3)c3[nH]c4ccccc4c3Cc3[nH]c4ccccc4c32)cc1. The summed E-state index contributed by atoms with van der Waals surface area (Å²) in [4.78, 5) is 7.69. The van der Waals surface area contributed by atoms with Crippen LogP contribution in [0.15, 0.2) is 106 Å². The summed E-state index contributed by atoms with van der Waals surface area (Å²) in [5.41, 5.74) is 9.62. The first kappa shape index (κ1) is 20.3. The molecule has 164 valence electrons. The summed E-state index contributed by atoms with van der Waals surface area (Å²) < 4.78 is 2.16. The molecule has 0 atom stereocenters. The van der Waals surface area contributed by atoms with Gasteiger partial charge in [-0.1, -0.05) is 92.5 Å². The van der Waals surface area contributed by atoms with Gasteiger partial charge in [-0.05, 0) is 53.1 Å². The highest BCUT2D eigenvalue weighted by Gasteiger charge is 2.47. The molecule has 2 heterocycles. The minimum absolute atomic E-state index is 0.483. The Kier molecular flexibility index (Phi) is 4.46. The second kappa shape index (κ2) is 7.46. The molecule has 4 aromatic carbocycles. The smallest absolute Gasteiger partial charge is 0.0878 e. The highest BCUT2D eigenvalue weighted by molar-refractivity contribution is 9.10. The number of hydrogen-bond donors (Lipinski definition) is 2. The number of nitrogens with one attached hydrogen (secondary N) is 2. The first-order valence-corrected chi connectivity index (χ1v) is 13.0. The third-order valence-corrected chi connectivity index (χ3v) is 8.31. The van der Waals surface area contributed by atoms with E-state index in [9.17, 15) is 0 Å². The number of halogens is 2. The van der Waals surface area contributed by atoms with Crippen molar-refractivity contribution < 1.29 is 0 Å². The van der Waals surface area contributed by atoms with Crippen LogP contribution in [0.4, 0.5) is 0 Å². The van der Waals surface area contributed by atoms with E-state index >= 15 is 0 Å². The molecule has 7 rings (SSSR count). The van der Waals surface area contributed by atoms with Crippen molar-refractivity contribution in [3.63, 3.8) is 0 Å². The molecular formula is C30H20Br2N2. The zero-order valence-electron chi connectivity index (χ0n) is 18.2. The predicted octanol–water partition coefficient (Wildman–Crippen LogP) is 8.46. The minimum Gasteiger partial charge on any atom is -0.358 e. The number of aromatic amines is 2. The van der Waals surface area contributed by atoms with Gasteiger partial charge in [0.2, 0.25) is 0 Å². The molecule has 34 heavy (non-hydrogen) atoms. The number of aromatic nitrogens is 2. The highest BCUT2D eigenvalue weighted by Crippen LogP contribution is 2.54. The van der Waals surface area contributed by atoms with Crippen LogP contribution in [0.25, 0.3) is 21.8 Å². The molecule has 6 aromatic rings. The Balaban J connectivity index is 1.72. The predicted molar refractivity (Wildman–Crippen MR) is 147 cm³/mol. The molecule has 0 radical (unpaired) electrons. The van der Waals surface area contributed by atoms with Gasteiger partial charge >= 0.3 is 0 Å². The zero-order valence-corrected chi connectivity index (χ0v) is 21.4. The van der Waals surface area contributed by atoms with Crippen LogP contribution in [0.1, 0.15) is 33.6 Å². The maximum absolute atomic E-state index is 3.89. The molecule has 0 amide bonds. The van der Waals surface area contributed by atoms with Crippen molar-refractivity contribution in [2.45, 2.75) is 11.8 Å². The topological polar surface area (TPSA) is 31.6 Å². The average molecular weight is 568 g/mol. The largest absolute Gasteiger partial charge is 0.358 e. The van der Waals surface area contributed by atoms with Gasteiger partial charge in [0.15, 0.2) is 0 Å². The number of para-hydroxylation sites is 2. The van der Waals surface area contributed by atoms with Crippen LogP contribution in [-0.2, 0) is 11.8 Å². The number of H-pyrrole nitrogens is 2. The Labute approximate surface area is 214 Å². The first-order chi connectivity index (χ1) is 16.7. The molecule has 0 saturated heterocycles. The van der Waals surface area contributed by atoms with Crippen molar-refractivity contribution in [3.05, 3.63) is 140 Å². The lowest BCUT2D eigenvalue weighted by Crippen LogP contribution is -2.36. The molecule has 0 saturated carbocycles. The Bertz CT molecular complexity index is 1640. The van der Waals surface area contributed by atoms with E-state index in [4.69, 9.17) is 0 Å². The molecule has 2 aromatic heterocycles. The summed E-state index contributed by atoms with van der Waals surface area (Å²) in [7, 11) is 0. The summed E-state index contributed by atoms with van der Waals surface area (Å²) in [5.74, 6) is 0. The average Bonchev–Trinajstić information content (AvgIpc) is 3.43. The molecular weight excluding hydrogens is 548 g/mol. The Hall–Kier alpha value is -3.08. The van der Waals surface area contributed by atoms with E-state index in [0.717, 1.165) is 15.4 Å². The lowest BCUT2D eigenvalue weighted by atomic mass is 9.62. The molecule has 0 unspecified atom stereocenters. The Morgan fingerprint density at radius 1 is 0.588 bits per heavy atom. The van der Waals surface area contributed by atoms with Gasteiger partial charge < -0.3 is 9.97 Å².